The van der Waals surface area contributed by atoms with Crippen LogP contribution in [0.2, 0.25) is 0 Å². The van der Waals surface area contributed by atoms with Crippen molar-refractivity contribution in [2.45, 2.75) is 91.0 Å². The number of aliphatic hydroxyl groups is 1. The molecule has 9 nitrogen and oxygen atoms in total. The Kier molecular flexibility index (Phi) is 11.9. The number of likely N-dealkylation sites (N-methyl/N-ethyl adjacent to an activating group) is 1. The maximum atomic E-state index is 14.1. The Morgan fingerprint density at radius 2 is 1.90 bits per heavy atom. The van der Waals surface area contributed by atoms with Gasteiger partial charge in [-0.05, 0) is 91.0 Å². The zero-order valence-corrected chi connectivity index (χ0v) is 24.7. The van der Waals surface area contributed by atoms with Crippen molar-refractivity contribution in [3.05, 3.63) is 23.8 Å². The van der Waals surface area contributed by atoms with Crippen molar-refractivity contribution in [1.29, 1.82) is 0 Å². The third-order valence-corrected chi connectivity index (χ3v) is 7.49. The number of aliphatic hydroxyl groups excluding tert-OH is 1. The number of amides is 3. The zero-order valence-electron chi connectivity index (χ0n) is 24.7. The normalized spacial score (nSPS) is 24.1. The van der Waals surface area contributed by atoms with Crippen LogP contribution in [0.15, 0.2) is 18.2 Å². The lowest BCUT2D eigenvalue weighted by atomic mass is 10.0. The number of anilines is 1. The van der Waals surface area contributed by atoms with E-state index in [9.17, 15) is 14.7 Å². The molecular formula is C30H50N4O5. The minimum atomic E-state index is -0.399. The van der Waals surface area contributed by atoms with Gasteiger partial charge in [-0.3, -0.25) is 4.79 Å². The molecule has 0 saturated heterocycles. The molecule has 1 aliphatic heterocycles. The van der Waals surface area contributed by atoms with Gasteiger partial charge in [0.1, 0.15) is 5.75 Å². The van der Waals surface area contributed by atoms with E-state index in [2.05, 4.69) is 29.5 Å². The standard InChI is InChI=1S/C30H50N4O5/c1-20(2)31-30(37)32-25-12-13-27-26(15-25)29(36)34(22(4)19-35)16-21(3)28(18-33(6)17-24-10-11-24)38-14-8-7-9-23(5)39-27/h12-13,15,20-24,28,35H,7-11,14,16-19H2,1-6H3,(H2,31,32,37)/t21-,22+,23+,28-/m0/s1. The van der Waals surface area contributed by atoms with Crippen LogP contribution in [0.4, 0.5) is 10.5 Å². The summed E-state index contributed by atoms with van der Waals surface area (Å²) in [4.78, 5) is 30.5. The quantitative estimate of drug-likeness (QED) is 0.448. The summed E-state index contributed by atoms with van der Waals surface area (Å²) in [6, 6.07) is 4.43. The number of carbonyl (C=O) groups excluding carboxylic acids is 2. The van der Waals surface area contributed by atoms with Gasteiger partial charge in [0.05, 0.1) is 30.4 Å². The predicted octanol–water partition coefficient (Wildman–Crippen LogP) is 4.35. The first kappa shape index (κ1) is 31.2. The fourth-order valence-corrected chi connectivity index (χ4v) is 5.02. The first-order valence-electron chi connectivity index (χ1n) is 14.7. The van der Waals surface area contributed by atoms with Crippen molar-refractivity contribution in [3.63, 3.8) is 0 Å². The number of ether oxygens (including phenoxy) is 2. The summed E-state index contributed by atoms with van der Waals surface area (Å²) in [6.45, 7) is 12.6. The Morgan fingerprint density at radius 1 is 1.15 bits per heavy atom. The molecule has 9 heteroatoms. The second kappa shape index (κ2) is 14.9. The van der Waals surface area contributed by atoms with Crippen molar-refractivity contribution in [2.75, 3.05) is 45.2 Å². The summed E-state index contributed by atoms with van der Waals surface area (Å²) in [5.41, 5.74) is 0.877. The summed E-state index contributed by atoms with van der Waals surface area (Å²) in [5.74, 6) is 1.09. The van der Waals surface area contributed by atoms with Gasteiger partial charge >= 0.3 is 6.03 Å². The average molecular weight is 547 g/mol. The lowest BCUT2D eigenvalue weighted by Crippen LogP contribution is -2.47. The lowest BCUT2D eigenvalue weighted by Gasteiger charge is -2.36. The number of benzene rings is 1. The van der Waals surface area contributed by atoms with Crippen LogP contribution in [-0.4, -0.2) is 91.0 Å². The third-order valence-electron chi connectivity index (χ3n) is 7.49. The SMILES string of the molecule is CC(C)NC(=O)Nc1ccc2c(c1)C(=O)N([C@H](C)CO)C[C@H](C)[C@H](CN(C)CC1CC1)OCCCC[C@@H](C)O2. The van der Waals surface area contributed by atoms with Gasteiger partial charge in [0.15, 0.2) is 0 Å². The van der Waals surface area contributed by atoms with Crippen molar-refractivity contribution < 1.29 is 24.2 Å². The van der Waals surface area contributed by atoms with E-state index in [1.54, 1.807) is 23.1 Å². The van der Waals surface area contributed by atoms with E-state index < -0.39 is 6.04 Å². The van der Waals surface area contributed by atoms with Gasteiger partial charge in [-0.2, -0.15) is 0 Å². The molecule has 3 rings (SSSR count). The Morgan fingerprint density at radius 3 is 2.56 bits per heavy atom. The maximum Gasteiger partial charge on any atom is 0.319 e. The molecule has 2 aliphatic rings. The monoisotopic (exact) mass is 546 g/mol. The molecule has 1 fully saturated rings. The number of urea groups is 1. The smallest absolute Gasteiger partial charge is 0.319 e. The molecule has 1 aromatic rings. The Bertz CT molecular complexity index is 938. The van der Waals surface area contributed by atoms with Crippen molar-refractivity contribution >= 4 is 17.6 Å². The fourth-order valence-electron chi connectivity index (χ4n) is 5.02. The molecule has 0 radical (unpaired) electrons. The molecule has 4 atom stereocenters. The maximum absolute atomic E-state index is 14.1. The highest BCUT2D eigenvalue weighted by molar-refractivity contribution is 5.99. The number of carbonyl (C=O) groups is 2. The highest BCUT2D eigenvalue weighted by Crippen LogP contribution is 2.30. The molecule has 0 spiro atoms. The summed E-state index contributed by atoms with van der Waals surface area (Å²) >= 11 is 0. The predicted molar refractivity (Wildman–Crippen MR) is 154 cm³/mol. The van der Waals surface area contributed by atoms with E-state index in [0.29, 0.717) is 30.2 Å². The largest absolute Gasteiger partial charge is 0.490 e. The Hall–Kier alpha value is -2.36. The van der Waals surface area contributed by atoms with Crippen LogP contribution < -0.4 is 15.4 Å². The van der Waals surface area contributed by atoms with Crippen molar-refractivity contribution in [1.82, 2.24) is 15.1 Å². The molecule has 220 valence electrons. The van der Waals surface area contributed by atoms with Crippen LogP contribution >= 0.6 is 0 Å². The van der Waals surface area contributed by atoms with E-state index in [-0.39, 0.29) is 42.7 Å². The highest BCUT2D eigenvalue weighted by Gasteiger charge is 2.31. The summed E-state index contributed by atoms with van der Waals surface area (Å²) in [6.07, 6.45) is 5.23. The van der Waals surface area contributed by atoms with Gasteiger partial charge < -0.3 is 35.0 Å². The summed E-state index contributed by atoms with van der Waals surface area (Å²) < 4.78 is 12.7. The molecule has 0 aromatic heterocycles. The van der Waals surface area contributed by atoms with Crippen LogP contribution in [0.5, 0.6) is 5.75 Å². The lowest BCUT2D eigenvalue weighted by molar-refractivity contribution is -0.0172. The molecule has 0 bridgehead atoms. The van der Waals surface area contributed by atoms with Gasteiger partial charge in [0, 0.05) is 43.9 Å². The van der Waals surface area contributed by atoms with Crippen LogP contribution in [0.1, 0.15) is 77.1 Å². The van der Waals surface area contributed by atoms with E-state index in [0.717, 1.165) is 38.3 Å². The van der Waals surface area contributed by atoms with E-state index in [1.165, 1.54) is 12.8 Å². The Balaban J connectivity index is 1.91. The molecule has 3 amide bonds. The van der Waals surface area contributed by atoms with Gasteiger partial charge in [-0.1, -0.05) is 6.92 Å². The molecule has 3 N–H and O–H groups in total. The number of hydrogen-bond donors (Lipinski definition) is 3. The summed E-state index contributed by atoms with van der Waals surface area (Å²) in [7, 11) is 2.15. The van der Waals surface area contributed by atoms with Gasteiger partial charge in [0.2, 0.25) is 0 Å². The van der Waals surface area contributed by atoms with Gasteiger partial charge in [0.25, 0.3) is 5.91 Å². The average Bonchev–Trinajstić information content (AvgIpc) is 3.69. The van der Waals surface area contributed by atoms with E-state index >= 15 is 0 Å². The molecule has 39 heavy (non-hydrogen) atoms. The third kappa shape index (κ3) is 9.96. The van der Waals surface area contributed by atoms with Crippen molar-refractivity contribution in [3.8, 4) is 5.75 Å². The Labute approximate surface area is 234 Å². The number of nitrogens with zero attached hydrogens (tertiary/aromatic N) is 2. The van der Waals surface area contributed by atoms with E-state index in [4.69, 9.17) is 9.47 Å². The van der Waals surface area contributed by atoms with Crippen molar-refractivity contribution in [2.24, 2.45) is 11.8 Å². The van der Waals surface area contributed by atoms with Crippen LogP contribution in [-0.2, 0) is 4.74 Å². The molecular weight excluding hydrogens is 496 g/mol. The van der Waals surface area contributed by atoms with Crippen LogP contribution in [0.25, 0.3) is 0 Å². The molecule has 1 aromatic carbocycles. The van der Waals surface area contributed by atoms with Crippen LogP contribution in [0, 0.1) is 11.8 Å². The second-order valence-corrected chi connectivity index (χ2v) is 11.9. The molecule has 1 saturated carbocycles. The van der Waals surface area contributed by atoms with Gasteiger partial charge in [-0.25, -0.2) is 4.79 Å². The van der Waals surface area contributed by atoms with Gasteiger partial charge in [-0.15, -0.1) is 0 Å². The number of hydrogen-bond acceptors (Lipinski definition) is 6. The first-order chi connectivity index (χ1) is 18.6. The second-order valence-electron chi connectivity index (χ2n) is 11.9. The van der Waals surface area contributed by atoms with E-state index in [1.807, 2.05) is 27.7 Å². The zero-order chi connectivity index (χ0) is 28.5. The molecule has 0 unspecified atom stereocenters. The minimum absolute atomic E-state index is 0.0195. The summed E-state index contributed by atoms with van der Waals surface area (Å²) in [5, 5.41) is 15.7. The first-order valence-corrected chi connectivity index (χ1v) is 14.7. The topological polar surface area (TPSA) is 103 Å². The molecule has 1 aliphatic carbocycles. The minimum Gasteiger partial charge on any atom is -0.490 e. The number of fused-ring (bicyclic) bond motifs is 1. The highest BCUT2D eigenvalue weighted by atomic mass is 16.5. The number of nitrogens with one attached hydrogen (secondary N) is 2. The molecule has 1 heterocycles. The fraction of sp³-hybridized carbons (Fsp3) is 0.733. The van der Waals surface area contributed by atoms with Crippen LogP contribution in [0.3, 0.4) is 0 Å². The number of rotatable bonds is 8.